The van der Waals surface area contributed by atoms with E-state index >= 15 is 0 Å². The number of cyclic esters (lactones) is 1. The fourth-order valence-corrected chi connectivity index (χ4v) is 2.55. The third-order valence-corrected chi connectivity index (χ3v) is 3.70. The highest BCUT2D eigenvalue weighted by atomic mass is 16.6. The molecule has 0 spiro atoms. The molecule has 0 N–H and O–H groups in total. The van der Waals surface area contributed by atoms with Crippen molar-refractivity contribution in [3.05, 3.63) is 28.8 Å². The van der Waals surface area contributed by atoms with Crippen molar-refractivity contribution < 1.29 is 23.8 Å². The summed E-state index contributed by atoms with van der Waals surface area (Å²) in [6.07, 6.45) is 0.416. The highest BCUT2D eigenvalue weighted by Gasteiger charge is 2.20. The van der Waals surface area contributed by atoms with Gasteiger partial charge in [0.05, 0.1) is 27.2 Å². The lowest BCUT2D eigenvalue weighted by Gasteiger charge is -2.11. The minimum absolute atomic E-state index is 0.135. The Kier molecular flexibility index (Phi) is 6.07. The number of carbonyl (C=O) groups excluding carboxylic acids is 2. The number of methoxy groups -OCH3 is 2. The zero-order chi connectivity index (χ0) is 17.5. The van der Waals surface area contributed by atoms with Gasteiger partial charge in [-0.3, -0.25) is 4.79 Å². The van der Waals surface area contributed by atoms with Gasteiger partial charge >= 0.3 is 12.1 Å². The predicted molar refractivity (Wildman–Crippen MR) is 87.9 cm³/mol. The van der Waals surface area contributed by atoms with Gasteiger partial charge in [-0.25, -0.2) is 4.79 Å². The smallest absolute Gasteiger partial charge is 0.409 e. The third kappa shape index (κ3) is 4.42. The van der Waals surface area contributed by atoms with Crippen LogP contribution in [0.4, 0.5) is 4.79 Å². The molecule has 0 unspecified atom stereocenters. The molecule has 0 bridgehead atoms. The molecule has 0 atom stereocenters. The number of nitrogens with zero attached hydrogens (tertiary/aromatic N) is 1. The molecule has 0 aliphatic carbocycles. The largest absolute Gasteiger partial charge is 0.496 e. The van der Waals surface area contributed by atoms with Crippen molar-refractivity contribution in [1.82, 2.24) is 4.90 Å². The lowest BCUT2D eigenvalue weighted by molar-refractivity contribution is -0.139. The molecule has 1 amide bonds. The summed E-state index contributed by atoms with van der Waals surface area (Å²) >= 11 is 0. The predicted octanol–water partition coefficient (Wildman–Crippen LogP) is 1.91. The molecule has 1 saturated heterocycles. The van der Waals surface area contributed by atoms with Crippen LogP contribution in [0.1, 0.15) is 23.1 Å². The third-order valence-electron chi connectivity index (χ3n) is 3.70. The van der Waals surface area contributed by atoms with Crippen LogP contribution >= 0.6 is 0 Å². The molecular weight excluding hydrogens is 310 g/mol. The number of amides is 1. The molecule has 0 aromatic heterocycles. The second kappa shape index (κ2) is 8.25. The summed E-state index contributed by atoms with van der Waals surface area (Å²) in [6.45, 7) is 3.52. The van der Waals surface area contributed by atoms with Crippen LogP contribution in [0.15, 0.2) is 12.1 Å². The number of rotatable bonds is 5. The molecule has 1 aliphatic heterocycles. The van der Waals surface area contributed by atoms with Gasteiger partial charge in [-0.15, -0.1) is 0 Å². The molecule has 0 saturated carbocycles. The van der Waals surface area contributed by atoms with E-state index in [1.54, 1.807) is 12.0 Å². The maximum Gasteiger partial charge on any atom is 0.409 e. The Bertz CT molecular complexity index is 687. The first-order chi connectivity index (χ1) is 11.5. The SMILES string of the molecule is COC(=O)Cc1cc(C#CCCN2CCOC2=O)cc(C)c1OC. The van der Waals surface area contributed by atoms with Crippen molar-refractivity contribution in [2.24, 2.45) is 0 Å². The van der Waals surface area contributed by atoms with Crippen molar-refractivity contribution in [3.63, 3.8) is 0 Å². The zero-order valence-corrected chi connectivity index (χ0v) is 14.2. The van der Waals surface area contributed by atoms with E-state index in [1.165, 1.54) is 7.11 Å². The van der Waals surface area contributed by atoms with Gasteiger partial charge in [-0.2, -0.15) is 0 Å². The summed E-state index contributed by atoms with van der Waals surface area (Å²) in [7, 11) is 2.93. The number of carbonyl (C=O) groups is 2. The van der Waals surface area contributed by atoms with Gasteiger partial charge in [0.25, 0.3) is 0 Å². The second-order valence-corrected chi connectivity index (χ2v) is 5.39. The first kappa shape index (κ1) is 17.7. The molecule has 6 nitrogen and oxygen atoms in total. The van der Waals surface area contributed by atoms with Gasteiger partial charge in [0, 0.05) is 24.1 Å². The summed E-state index contributed by atoms with van der Waals surface area (Å²) < 4.78 is 15.0. The Balaban J connectivity index is 2.08. The first-order valence-corrected chi connectivity index (χ1v) is 7.70. The highest BCUT2D eigenvalue weighted by Crippen LogP contribution is 2.25. The Morgan fingerprint density at radius 1 is 1.38 bits per heavy atom. The average Bonchev–Trinajstić information content (AvgIpc) is 2.96. The number of esters is 1. The Morgan fingerprint density at radius 3 is 2.79 bits per heavy atom. The monoisotopic (exact) mass is 331 g/mol. The minimum Gasteiger partial charge on any atom is -0.496 e. The Hall–Kier alpha value is -2.68. The van der Waals surface area contributed by atoms with Crippen LogP contribution in [-0.2, 0) is 20.7 Å². The number of hydrogen-bond donors (Lipinski definition) is 0. The summed E-state index contributed by atoms with van der Waals surface area (Å²) in [5.74, 6) is 6.47. The maximum absolute atomic E-state index is 11.5. The van der Waals surface area contributed by atoms with E-state index in [-0.39, 0.29) is 18.5 Å². The molecule has 0 radical (unpaired) electrons. The first-order valence-electron chi connectivity index (χ1n) is 7.70. The van der Waals surface area contributed by atoms with Crippen LogP contribution in [0.3, 0.4) is 0 Å². The van der Waals surface area contributed by atoms with E-state index in [0.29, 0.717) is 31.9 Å². The lowest BCUT2D eigenvalue weighted by Crippen LogP contribution is -2.24. The van der Waals surface area contributed by atoms with Gasteiger partial charge in [-0.05, 0) is 24.6 Å². The number of benzene rings is 1. The Morgan fingerprint density at radius 2 is 2.17 bits per heavy atom. The van der Waals surface area contributed by atoms with Crippen LogP contribution in [0, 0.1) is 18.8 Å². The lowest BCUT2D eigenvalue weighted by atomic mass is 10.0. The summed E-state index contributed by atoms with van der Waals surface area (Å²) in [6, 6.07) is 3.75. The van der Waals surface area contributed by atoms with Crippen molar-refractivity contribution in [1.29, 1.82) is 0 Å². The Labute approximate surface area is 141 Å². The topological polar surface area (TPSA) is 65.1 Å². The number of hydrogen-bond acceptors (Lipinski definition) is 5. The zero-order valence-electron chi connectivity index (χ0n) is 14.2. The van der Waals surface area contributed by atoms with Crippen LogP contribution in [0.2, 0.25) is 0 Å². The van der Waals surface area contributed by atoms with Gasteiger partial charge < -0.3 is 19.1 Å². The van der Waals surface area contributed by atoms with Crippen molar-refractivity contribution in [3.8, 4) is 17.6 Å². The van der Waals surface area contributed by atoms with E-state index in [9.17, 15) is 9.59 Å². The minimum atomic E-state index is -0.328. The number of ether oxygens (including phenoxy) is 3. The molecule has 1 aromatic carbocycles. The van der Waals surface area contributed by atoms with Crippen LogP contribution in [0.25, 0.3) is 0 Å². The van der Waals surface area contributed by atoms with Gasteiger partial charge in [0.1, 0.15) is 12.4 Å². The maximum atomic E-state index is 11.5. The van der Waals surface area contributed by atoms with Crippen LogP contribution in [-0.4, -0.2) is 50.9 Å². The van der Waals surface area contributed by atoms with Gasteiger partial charge in [0.15, 0.2) is 0 Å². The fraction of sp³-hybridized carbons (Fsp3) is 0.444. The molecule has 1 aromatic rings. The quantitative estimate of drug-likeness (QED) is 0.609. The van der Waals surface area contributed by atoms with Crippen molar-refractivity contribution >= 4 is 12.1 Å². The van der Waals surface area contributed by atoms with E-state index in [0.717, 1.165) is 16.7 Å². The molecule has 128 valence electrons. The van der Waals surface area contributed by atoms with Crippen molar-refractivity contribution in [2.75, 3.05) is 33.9 Å². The molecular formula is C18H21NO5. The van der Waals surface area contributed by atoms with E-state index in [1.807, 2.05) is 19.1 Å². The molecule has 24 heavy (non-hydrogen) atoms. The molecule has 1 fully saturated rings. The molecule has 1 aliphatic rings. The van der Waals surface area contributed by atoms with E-state index in [4.69, 9.17) is 14.2 Å². The standard InChI is InChI=1S/C18H21NO5/c1-13-10-14(6-4-5-7-19-8-9-24-18(19)21)11-15(17(13)23-3)12-16(20)22-2/h10-11H,5,7-9,12H2,1-3H3. The van der Waals surface area contributed by atoms with Crippen LogP contribution < -0.4 is 4.74 Å². The molecule has 6 heteroatoms. The van der Waals surface area contributed by atoms with E-state index < -0.39 is 0 Å². The average molecular weight is 331 g/mol. The highest BCUT2D eigenvalue weighted by molar-refractivity contribution is 5.74. The normalized spacial score (nSPS) is 13.1. The summed E-state index contributed by atoms with van der Waals surface area (Å²) in [5.41, 5.74) is 2.46. The molecule has 1 heterocycles. The second-order valence-electron chi connectivity index (χ2n) is 5.39. The summed E-state index contributed by atoms with van der Waals surface area (Å²) in [5, 5.41) is 0. The van der Waals surface area contributed by atoms with Gasteiger partial charge in [-0.1, -0.05) is 11.8 Å². The van der Waals surface area contributed by atoms with Gasteiger partial charge in [0.2, 0.25) is 0 Å². The van der Waals surface area contributed by atoms with Crippen molar-refractivity contribution in [2.45, 2.75) is 19.8 Å². The fourth-order valence-electron chi connectivity index (χ4n) is 2.55. The number of aryl methyl sites for hydroxylation is 1. The summed E-state index contributed by atoms with van der Waals surface area (Å²) in [4.78, 5) is 24.5. The molecule has 2 rings (SSSR count). The van der Waals surface area contributed by atoms with E-state index in [2.05, 4.69) is 11.8 Å². The van der Waals surface area contributed by atoms with Crippen LogP contribution in [0.5, 0.6) is 5.75 Å².